The molecule has 0 saturated carbocycles. The molecule has 0 saturated heterocycles. The smallest absolute Gasteiger partial charge is 0.235 e. The van der Waals surface area contributed by atoms with Crippen molar-refractivity contribution in [2.45, 2.75) is 27.2 Å². The summed E-state index contributed by atoms with van der Waals surface area (Å²) in [7, 11) is 3.92. The highest BCUT2D eigenvalue weighted by atomic mass is 16.4. The zero-order valence-corrected chi connectivity index (χ0v) is 12.1. The summed E-state index contributed by atoms with van der Waals surface area (Å²) < 4.78 is 0. The molecule has 0 aromatic carbocycles. The van der Waals surface area contributed by atoms with E-state index in [0.29, 0.717) is 13.1 Å². The van der Waals surface area contributed by atoms with E-state index < -0.39 is 5.41 Å². The molecule has 0 spiro atoms. The number of likely N-dealkylation sites (N-methyl/N-ethyl adjacent to an activating group) is 1. The summed E-state index contributed by atoms with van der Waals surface area (Å²) in [5.74, 6) is -0.167. The van der Waals surface area contributed by atoms with Gasteiger partial charge in [0.05, 0.1) is 0 Å². The molecule has 0 aliphatic heterocycles. The maximum Gasteiger partial charge on any atom is 0.235 e. The fraction of sp³-hybridized carbons (Fsp3) is 0.833. The van der Waals surface area contributed by atoms with E-state index in [1.807, 2.05) is 25.9 Å². The molecular weight excluding hydrogens is 232 g/mol. The number of hydrogen-bond donors (Lipinski definition) is 2. The highest BCUT2D eigenvalue weighted by Crippen LogP contribution is 2.19. The zero-order chi connectivity index (χ0) is 14.3. The van der Waals surface area contributed by atoms with Crippen molar-refractivity contribution in [2.75, 3.05) is 33.7 Å². The summed E-state index contributed by atoms with van der Waals surface area (Å²) in [5.41, 5.74) is 4.61. The number of amides is 1. The molecule has 0 aromatic heterocycles. The van der Waals surface area contributed by atoms with Gasteiger partial charge in [0.25, 0.3) is 0 Å². The van der Waals surface area contributed by atoms with Crippen LogP contribution in [0.1, 0.15) is 27.2 Å². The molecule has 0 atom stereocenters. The van der Waals surface area contributed by atoms with Gasteiger partial charge in [0.2, 0.25) is 5.91 Å². The van der Waals surface area contributed by atoms with Gasteiger partial charge in [-0.15, -0.1) is 0 Å². The van der Waals surface area contributed by atoms with Gasteiger partial charge in [-0.05, 0) is 34.4 Å². The largest absolute Gasteiger partial charge is 0.409 e. The fourth-order valence-corrected chi connectivity index (χ4v) is 1.54. The van der Waals surface area contributed by atoms with Crippen molar-refractivity contribution >= 4 is 11.7 Å². The van der Waals surface area contributed by atoms with Crippen molar-refractivity contribution in [1.82, 2.24) is 9.80 Å². The quantitative estimate of drug-likeness (QED) is 0.302. The molecule has 0 fully saturated rings. The molecule has 0 aliphatic carbocycles. The second-order valence-electron chi connectivity index (χ2n) is 5.21. The van der Waals surface area contributed by atoms with Crippen LogP contribution in [0.5, 0.6) is 0 Å². The monoisotopic (exact) mass is 258 g/mol. The number of oxime groups is 1. The first-order valence-electron chi connectivity index (χ1n) is 6.19. The van der Waals surface area contributed by atoms with E-state index >= 15 is 0 Å². The molecule has 0 aromatic rings. The van der Waals surface area contributed by atoms with Crippen LogP contribution in [0.4, 0.5) is 0 Å². The second kappa shape index (κ2) is 7.20. The molecule has 0 bridgehead atoms. The molecule has 6 nitrogen and oxygen atoms in total. The van der Waals surface area contributed by atoms with E-state index in [0.717, 1.165) is 13.0 Å². The van der Waals surface area contributed by atoms with Crippen LogP contribution in [0.3, 0.4) is 0 Å². The Morgan fingerprint density at radius 3 is 2.22 bits per heavy atom. The second-order valence-corrected chi connectivity index (χ2v) is 5.21. The Balaban J connectivity index is 4.84. The average molecular weight is 258 g/mol. The molecule has 18 heavy (non-hydrogen) atoms. The van der Waals surface area contributed by atoms with E-state index in [1.165, 1.54) is 0 Å². The Bertz CT molecular complexity index is 300. The third-order valence-corrected chi connectivity index (χ3v) is 2.88. The number of nitrogens with two attached hydrogens (primary N) is 1. The van der Waals surface area contributed by atoms with Crippen molar-refractivity contribution in [3.8, 4) is 0 Å². The summed E-state index contributed by atoms with van der Waals surface area (Å²) >= 11 is 0. The summed E-state index contributed by atoms with van der Waals surface area (Å²) in [6.45, 7) is 7.46. The van der Waals surface area contributed by atoms with Gasteiger partial charge in [0.15, 0.2) is 5.84 Å². The highest BCUT2D eigenvalue weighted by molar-refractivity contribution is 6.05. The van der Waals surface area contributed by atoms with Crippen molar-refractivity contribution in [3.63, 3.8) is 0 Å². The molecule has 6 heteroatoms. The summed E-state index contributed by atoms with van der Waals surface area (Å²) in [4.78, 5) is 16.2. The van der Waals surface area contributed by atoms with Crippen LogP contribution in [-0.2, 0) is 4.79 Å². The van der Waals surface area contributed by atoms with E-state index in [9.17, 15) is 4.79 Å². The number of rotatable bonds is 7. The predicted octanol–water partition coefficient (Wildman–Crippen LogP) is 0.559. The average Bonchev–Trinajstić information content (AvgIpc) is 2.32. The van der Waals surface area contributed by atoms with Crippen LogP contribution in [0.25, 0.3) is 0 Å². The minimum Gasteiger partial charge on any atom is -0.409 e. The maximum atomic E-state index is 12.4. The van der Waals surface area contributed by atoms with Gasteiger partial charge < -0.3 is 20.7 Å². The van der Waals surface area contributed by atoms with Crippen molar-refractivity contribution in [2.24, 2.45) is 16.3 Å². The number of hydrogen-bond acceptors (Lipinski definition) is 4. The first-order chi connectivity index (χ1) is 8.27. The predicted molar refractivity (Wildman–Crippen MR) is 72.6 cm³/mol. The first kappa shape index (κ1) is 16.7. The van der Waals surface area contributed by atoms with Crippen molar-refractivity contribution in [1.29, 1.82) is 0 Å². The van der Waals surface area contributed by atoms with Gasteiger partial charge in [-0.2, -0.15) is 0 Å². The number of carbonyl (C=O) groups is 1. The molecule has 0 rings (SSSR count). The number of nitrogens with zero attached hydrogens (tertiary/aromatic N) is 3. The molecule has 0 heterocycles. The Morgan fingerprint density at radius 2 is 1.83 bits per heavy atom. The Labute approximate surface area is 109 Å². The lowest BCUT2D eigenvalue weighted by molar-refractivity contribution is -0.137. The third-order valence-electron chi connectivity index (χ3n) is 2.88. The molecule has 1 amide bonds. The van der Waals surface area contributed by atoms with E-state index in [4.69, 9.17) is 10.9 Å². The van der Waals surface area contributed by atoms with Crippen LogP contribution >= 0.6 is 0 Å². The lowest BCUT2D eigenvalue weighted by Gasteiger charge is -2.31. The van der Waals surface area contributed by atoms with Gasteiger partial charge in [0.1, 0.15) is 5.41 Å². The highest BCUT2D eigenvalue weighted by Gasteiger charge is 2.36. The Hall–Kier alpha value is -1.30. The summed E-state index contributed by atoms with van der Waals surface area (Å²) in [6, 6.07) is 0. The SMILES string of the molecule is CCCN(CCN(C)C)C(=O)C(C)(C)C(N)=NO. The van der Waals surface area contributed by atoms with E-state index in [2.05, 4.69) is 5.16 Å². The Kier molecular flexibility index (Phi) is 6.68. The topological polar surface area (TPSA) is 82.2 Å². The van der Waals surface area contributed by atoms with Crippen LogP contribution < -0.4 is 5.73 Å². The van der Waals surface area contributed by atoms with Gasteiger partial charge in [-0.25, -0.2) is 0 Å². The van der Waals surface area contributed by atoms with Crippen LogP contribution in [0, 0.1) is 5.41 Å². The standard InChI is InChI=1S/C12H26N4O2/c1-6-7-16(9-8-15(4)5)11(17)12(2,3)10(13)14-18/h18H,6-9H2,1-5H3,(H2,13,14). The molecule has 0 unspecified atom stereocenters. The minimum atomic E-state index is -0.976. The normalized spacial score (nSPS) is 12.9. The fourth-order valence-electron chi connectivity index (χ4n) is 1.54. The van der Waals surface area contributed by atoms with Crippen LogP contribution in [-0.4, -0.2) is 60.5 Å². The van der Waals surface area contributed by atoms with Crippen LogP contribution in [0.15, 0.2) is 5.16 Å². The first-order valence-corrected chi connectivity index (χ1v) is 6.19. The molecule has 0 aliphatic rings. The summed E-state index contributed by atoms with van der Waals surface area (Å²) in [6.07, 6.45) is 0.880. The van der Waals surface area contributed by atoms with Gasteiger partial charge in [-0.1, -0.05) is 12.1 Å². The van der Waals surface area contributed by atoms with Gasteiger partial charge in [0, 0.05) is 19.6 Å². The summed E-state index contributed by atoms with van der Waals surface area (Å²) in [5, 5.41) is 11.7. The van der Waals surface area contributed by atoms with Crippen molar-refractivity contribution < 1.29 is 10.0 Å². The van der Waals surface area contributed by atoms with E-state index in [-0.39, 0.29) is 11.7 Å². The van der Waals surface area contributed by atoms with E-state index in [1.54, 1.807) is 18.7 Å². The minimum absolute atomic E-state index is 0.0570. The lowest BCUT2D eigenvalue weighted by atomic mass is 9.90. The third kappa shape index (κ3) is 4.52. The molecule has 106 valence electrons. The number of amidine groups is 1. The zero-order valence-electron chi connectivity index (χ0n) is 12.1. The number of carbonyl (C=O) groups excluding carboxylic acids is 1. The van der Waals surface area contributed by atoms with Gasteiger partial charge in [-0.3, -0.25) is 4.79 Å². The van der Waals surface area contributed by atoms with Crippen LogP contribution in [0.2, 0.25) is 0 Å². The lowest BCUT2D eigenvalue weighted by Crippen LogP contribution is -2.49. The van der Waals surface area contributed by atoms with Gasteiger partial charge >= 0.3 is 0 Å². The maximum absolute atomic E-state index is 12.4. The molecular formula is C12H26N4O2. The Morgan fingerprint density at radius 1 is 1.28 bits per heavy atom. The molecule has 3 N–H and O–H groups in total. The molecule has 0 radical (unpaired) electrons. The van der Waals surface area contributed by atoms with Crippen molar-refractivity contribution in [3.05, 3.63) is 0 Å².